The summed E-state index contributed by atoms with van der Waals surface area (Å²) in [5.41, 5.74) is 6.48. The molecule has 1 fully saturated rings. The highest BCUT2D eigenvalue weighted by Gasteiger charge is 2.23. The number of nitrogens with two attached hydrogens (primary N) is 1. The van der Waals surface area contributed by atoms with Gasteiger partial charge in [-0.1, -0.05) is 12.5 Å². The van der Waals surface area contributed by atoms with Crippen LogP contribution >= 0.6 is 0 Å². The summed E-state index contributed by atoms with van der Waals surface area (Å²) >= 11 is 0. The average molecular weight is 248 g/mol. The zero-order valence-electron chi connectivity index (χ0n) is 11.4. The van der Waals surface area contributed by atoms with Crippen LogP contribution in [0, 0.1) is 0 Å². The Hall–Kier alpha value is -1.22. The van der Waals surface area contributed by atoms with E-state index in [2.05, 4.69) is 18.7 Å². The van der Waals surface area contributed by atoms with Crippen LogP contribution in [0.5, 0.6) is 5.75 Å². The molecule has 1 aliphatic heterocycles. The molecule has 18 heavy (non-hydrogen) atoms. The van der Waals surface area contributed by atoms with E-state index < -0.39 is 0 Å². The largest absolute Gasteiger partial charge is 0.492 e. The SMILES string of the molecule is C[C@@H]1CCC[C@H](C)N1CCOc1cccc(N)c1. The fraction of sp³-hybridized carbons (Fsp3) is 0.600. The zero-order chi connectivity index (χ0) is 13.0. The summed E-state index contributed by atoms with van der Waals surface area (Å²) in [7, 11) is 0. The van der Waals surface area contributed by atoms with Gasteiger partial charge < -0.3 is 10.5 Å². The Labute approximate surface area is 110 Å². The van der Waals surface area contributed by atoms with Crippen molar-refractivity contribution in [3.63, 3.8) is 0 Å². The highest BCUT2D eigenvalue weighted by atomic mass is 16.5. The molecule has 1 aromatic rings. The van der Waals surface area contributed by atoms with Crippen LogP contribution in [-0.2, 0) is 0 Å². The van der Waals surface area contributed by atoms with Gasteiger partial charge in [-0.2, -0.15) is 0 Å². The topological polar surface area (TPSA) is 38.5 Å². The van der Waals surface area contributed by atoms with Gasteiger partial charge in [0.05, 0.1) is 0 Å². The van der Waals surface area contributed by atoms with Crippen molar-refractivity contribution in [3.8, 4) is 5.75 Å². The summed E-state index contributed by atoms with van der Waals surface area (Å²) in [5.74, 6) is 0.868. The predicted octanol–water partition coefficient (Wildman–Crippen LogP) is 2.91. The Bertz CT molecular complexity index is 371. The summed E-state index contributed by atoms with van der Waals surface area (Å²) in [6, 6.07) is 9.00. The first-order chi connectivity index (χ1) is 8.66. The van der Waals surface area contributed by atoms with E-state index >= 15 is 0 Å². The lowest BCUT2D eigenvalue weighted by Gasteiger charge is -2.38. The van der Waals surface area contributed by atoms with Gasteiger partial charge >= 0.3 is 0 Å². The van der Waals surface area contributed by atoms with E-state index in [0.29, 0.717) is 12.1 Å². The van der Waals surface area contributed by atoms with Gasteiger partial charge in [-0.05, 0) is 38.8 Å². The molecule has 0 unspecified atom stereocenters. The van der Waals surface area contributed by atoms with Crippen molar-refractivity contribution in [2.75, 3.05) is 18.9 Å². The maximum atomic E-state index is 5.76. The molecule has 0 aliphatic carbocycles. The van der Waals surface area contributed by atoms with E-state index in [0.717, 1.165) is 24.6 Å². The first-order valence-corrected chi connectivity index (χ1v) is 6.91. The Balaban J connectivity index is 1.81. The van der Waals surface area contributed by atoms with Crippen molar-refractivity contribution in [1.82, 2.24) is 4.90 Å². The molecule has 0 aromatic heterocycles. The van der Waals surface area contributed by atoms with Crippen molar-refractivity contribution in [3.05, 3.63) is 24.3 Å². The molecule has 1 saturated heterocycles. The van der Waals surface area contributed by atoms with Gasteiger partial charge in [0.2, 0.25) is 0 Å². The maximum absolute atomic E-state index is 5.76. The third-order valence-electron chi connectivity index (χ3n) is 3.85. The molecule has 1 heterocycles. The second kappa shape index (κ2) is 6.10. The lowest BCUT2D eigenvalue weighted by molar-refractivity contribution is 0.0851. The number of anilines is 1. The highest BCUT2D eigenvalue weighted by Crippen LogP contribution is 2.22. The zero-order valence-corrected chi connectivity index (χ0v) is 11.4. The number of nitrogen functional groups attached to an aromatic ring is 1. The molecule has 1 aromatic carbocycles. The third kappa shape index (κ3) is 3.39. The minimum absolute atomic E-state index is 0.679. The smallest absolute Gasteiger partial charge is 0.121 e. The number of likely N-dealkylation sites (tertiary alicyclic amines) is 1. The van der Waals surface area contributed by atoms with Crippen molar-refractivity contribution in [2.24, 2.45) is 0 Å². The van der Waals surface area contributed by atoms with Gasteiger partial charge in [0, 0.05) is 30.4 Å². The molecule has 2 rings (SSSR count). The van der Waals surface area contributed by atoms with Crippen molar-refractivity contribution < 1.29 is 4.74 Å². The second-order valence-corrected chi connectivity index (χ2v) is 5.29. The molecule has 0 radical (unpaired) electrons. The number of nitrogens with zero attached hydrogens (tertiary/aromatic N) is 1. The number of hydrogen-bond donors (Lipinski definition) is 1. The summed E-state index contributed by atoms with van der Waals surface area (Å²) in [6.45, 7) is 6.36. The maximum Gasteiger partial charge on any atom is 0.121 e. The minimum Gasteiger partial charge on any atom is -0.492 e. The monoisotopic (exact) mass is 248 g/mol. The Morgan fingerprint density at radius 1 is 1.28 bits per heavy atom. The number of piperidine rings is 1. The van der Waals surface area contributed by atoms with Gasteiger partial charge in [0.25, 0.3) is 0 Å². The first-order valence-electron chi connectivity index (χ1n) is 6.91. The summed E-state index contributed by atoms with van der Waals surface area (Å²) < 4.78 is 5.76. The Morgan fingerprint density at radius 3 is 2.67 bits per heavy atom. The van der Waals surface area contributed by atoms with Crippen molar-refractivity contribution in [1.29, 1.82) is 0 Å². The van der Waals surface area contributed by atoms with E-state index in [1.807, 2.05) is 24.3 Å². The van der Waals surface area contributed by atoms with E-state index in [9.17, 15) is 0 Å². The number of ether oxygens (including phenoxy) is 1. The van der Waals surface area contributed by atoms with Crippen LogP contribution in [0.15, 0.2) is 24.3 Å². The standard InChI is InChI=1S/C15H24N2O/c1-12-5-3-6-13(2)17(12)9-10-18-15-8-4-7-14(16)11-15/h4,7-8,11-13H,3,5-6,9-10,16H2,1-2H3/t12-,13+. The van der Waals surface area contributed by atoms with Crippen LogP contribution in [0.2, 0.25) is 0 Å². The molecule has 1 aliphatic rings. The van der Waals surface area contributed by atoms with Crippen LogP contribution in [0.4, 0.5) is 5.69 Å². The fourth-order valence-electron chi connectivity index (χ4n) is 2.79. The molecule has 0 spiro atoms. The van der Waals surface area contributed by atoms with Gasteiger partial charge in [-0.25, -0.2) is 0 Å². The normalized spacial score (nSPS) is 25.0. The summed E-state index contributed by atoms with van der Waals surface area (Å²) in [5, 5.41) is 0. The molecule has 0 amide bonds. The van der Waals surface area contributed by atoms with Crippen LogP contribution in [0.1, 0.15) is 33.1 Å². The van der Waals surface area contributed by atoms with E-state index in [1.54, 1.807) is 0 Å². The molecule has 3 heteroatoms. The van der Waals surface area contributed by atoms with Crippen LogP contribution in [0.3, 0.4) is 0 Å². The van der Waals surface area contributed by atoms with Gasteiger partial charge in [0.1, 0.15) is 12.4 Å². The Morgan fingerprint density at radius 2 is 2.00 bits per heavy atom. The van der Waals surface area contributed by atoms with Crippen LogP contribution in [-0.4, -0.2) is 30.1 Å². The molecule has 100 valence electrons. The first kappa shape index (κ1) is 13.2. The Kier molecular flexibility index (Phi) is 4.48. The molecule has 2 N–H and O–H groups in total. The minimum atomic E-state index is 0.679. The summed E-state index contributed by atoms with van der Waals surface area (Å²) in [6.07, 6.45) is 3.97. The predicted molar refractivity (Wildman–Crippen MR) is 75.8 cm³/mol. The van der Waals surface area contributed by atoms with E-state index in [1.165, 1.54) is 19.3 Å². The average Bonchev–Trinajstić information content (AvgIpc) is 2.33. The lowest BCUT2D eigenvalue weighted by Crippen LogP contribution is -2.45. The molecular weight excluding hydrogens is 224 g/mol. The quantitative estimate of drug-likeness (QED) is 0.833. The number of rotatable bonds is 4. The van der Waals surface area contributed by atoms with Crippen molar-refractivity contribution >= 4 is 5.69 Å². The van der Waals surface area contributed by atoms with E-state index in [-0.39, 0.29) is 0 Å². The molecule has 0 bridgehead atoms. The lowest BCUT2D eigenvalue weighted by atomic mass is 9.98. The molecule has 3 nitrogen and oxygen atoms in total. The number of hydrogen-bond acceptors (Lipinski definition) is 3. The molecule has 0 saturated carbocycles. The van der Waals surface area contributed by atoms with E-state index in [4.69, 9.17) is 10.5 Å². The van der Waals surface area contributed by atoms with Gasteiger partial charge in [-0.3, -0.25) is 4.90 Å². The summed E-state index contributed by atoms with van der Waals surface area (Å²) in [4.78, 5) is 2.55. The fourth-order valence-corrected chi connectivity index (χ4v) is 2.79. The molecular formula is C15H24N2O. The second-order valence-electron chi connectivity index (χ2n) is 5.29. The van der Waals surface area contributed by atoms with Crippen molar-refractivity contribution in [2.45, 2.75) is 45.2 Å². The molecule has 2 atom stereocenters. The third-order valence-corrected chi connectivity index (χ3v) is 3.85. The number of benzene rings is 1. The highest BCUT2D eigenvalue weighted by molar-refractivity contribution is 5.43. The van der Waals surface area contributed by atoms with Crippen LogP contribution in [0.25, 0.3) is 0 Å². The van der Waals surface area contributed by atoms with Gasteiger partial charge in [-0.15, -0.1) is 0 Å². The van der Waals surface area contributed by atoms with Crippen LogP contribution < -0.4 is 10.5 Å². The van der Waals surface area contributed by atoms with Gasteiger partial charge in [0.15, 0.2) is 0 Å².